The van der Waals surface area contributed by atoms with Crippen LogP contribution in [0, 0.1) is 13.8 Å². The molecule has 2 N–H and O–H groups in total. The molecule has 0 fully saturated rings. The highest BCUT2D eigenvalue weighted by Crippen LogP contribution is 2.22. The van der Waals surface area contributed by atoms with Crippen LogP contribution in [-0.4, -0.2) is 9.97 Å². The average molecular weight is 199 g/mol. The maximum absolute atomic E-state index is 5.60. The molecular weight excluding hydrogens is 186 g/mol. The van der Waals surface area contributed by atoms with Crippen molar-refractivity contribution in [3.63, 3.8) is 0 Å². The summed E-state index contributed by atoms with van der Waals surface area (Å²) in [5.74, 6) is 0.451. The molecule has 0 bridgehead atoms. The van der Waals surface area contributed by atoms with Crippen molar-refractivity contribution in [2.75, 3.05) is 5.73 Å². The Balaban J connectivity index is 2.54. The third-order valence-corrected chi connectivity index (χ3v) is 2.31. The van der Waals surface area contributed by atoms with Crippen LogP contribution >= 0.6 is 0 Å². The van der Waals surface area contributed by atoms with E-state index < -0.39 is 0 Å². The van der Waals surface area contributed by atoms with Gasteiger partial charge in [0.15, 0.2) is 0 Å². The van der Waals surface area contributed by atoms with E-state index in [1.807, 2.05) is 6.07 Å². The topological polar surface area (TPSA) is 51.8 Å². The van der Waals surface area contributed by atoms with Crippen LogP contribution in [0.15, 0.2) is 30.6 Å². The van der Waals surface area contributed by atoms with Crippen molar-refractivity contribution in [3.8, 4) is 11.3 Å². The smallest absolute Gasteiger partial charge is 0.142 e. The van der Waals surface area contributed by atoms with E-state index in [0.29, 0.717) is 5.82 Å². The van der Waals surface area contributed by atoms with E-state index in [1.165, 1.54) is 11.1 Å². The Morgan fingerprint density at radius 1 is 1.13 bits per heavy atom. The van der Waals surface area contributed by atoms with Gasteiger partial charge in [-0.2, -0.15) is 0 Å². The van der Waals surface area contributed by atoms with Gasteiger partial charge in [0.2, 0.25) is 0 Å². The van der Waals surface area contributed by atoms with E-state index in [1.54, 1.807) is 12.4 Å². The van der Waals surface area contributed by atoms with Gasteiger partial charge in [-0.15, -0.1) is 0 Å². The summed E-state index contributed by atoms with van der Waals surface area (Å²) in [5, 5.41) is 0. The molecule has 2 rings (SSSR count). The quantitative estimate of drug-likeness (QED) is 0.767. The van der Waals surface area contributed by atoms with Crippen molar-refractivity contribution in [2.24, 2.45) is 0 Å². The molecule has 0 atom stereocenters. The van der Waals surface area contributed by atoms with Gasteiger partial charge in [-0.1, -0.05) is 23.8 Å². The zero-order valence-corrected chi connectivity index (χ0v) is 8.86. The number of hydrogen-bond donors (Lipinski definition) is 1. The molecule has 0 saturated carbocycles. The molecule has 1 aromatic heterocycles. The second-order valence-electron chi connectivity index (χ2n) is 3.65. The highest BCUT2D eigenvalue weighted by molar-refractivity contribution is 5.64. The first kappa shape index (κ1) is 9.65. The molecule has 3 heteroatoms. The Kier molecular flexibility index (Phi) is 2.37. The zero-order chi connectivity index (χ0) is 10.8. The van der Waals surface area contributed by atoms with Gasteiger partial charge >= 0.3 is 0 Å². The van der Waals surface area contributed by atoms with Crippen molar-refractivity contribution in [3.05, 3.63) is 41.7 Å². The third-order valence-electron chi connectivity index (χ3n) is 2.31. The first-order chi connectivity index (χ1) is 7.16. The molecule has 0 radical (unpaired) electrons. The predicted octanol–water partition coefficient (Wildman–Crippen LogP) is 2.34. The third kappa shape index (κ3) is 1.96. The monoisotopic (exact) mass is 199 g/mol. The van der Waals surface area contributed by atoms with Gasteiger partial charge in [0.25, 0.3) is 0 Å². The lowest BCUT2D eigenvalue weighted by Gasteiger charge is -2.06. The SMILES string of the molecule is Cc1ccc(-c2cncc(N)n2)c(C)c1. The van der Waals surface area contributed by atoms with Gasteiger partial charge < -0.3 is 5.73 Å². The fourth-order valence-corrected chi connectivity index (χ4v) is 1.61. The average Bonchev–Trinajstić information content (AvgIpc) is 2.17. The van der Waals surface area contributed by atoms with Gasteiger partial charge in [-0.25, -0.2) is 4.98 Å². The Labute approximate surface area is 89.0 Å². The van der Waals surface area contributed by atoms with Crippen LogP contribution < -0.4 is 5.73 Å². The number of nitrogens with zero attached hydrogens (tertiary/aromatic N) is 2. The lowest BCUT2D eigenvalue weighted by atomic mass is 10.0. The summed E-state index contributed by atoms with van der Waals surface area (Å²) in [7, 11) is 0. The number of hydrogen-bond acceptors (Lipinski definition) is 3. The van der Waals surface area contributed by atoms with E-state index in [2.05, 4.69) is 35.9 Å². The predicted molar refractivity (Wildman–Crippen MR) is 61.4 cm³/mol. The summed E-state index contributed by atoms with van der Waals surface area (Å²) in [5.41, 5.74) is 9.95. The maximum Gasteiger partial charge on any atom is 0.142 e. The summed E-state index contributed by atoms with van der Waals surface area (Å²) in [4.78, 5) is 8.29. The van der Waals surface area contributed by atoms with Crippen molar-refractivity contribution >= 4 is 5.82 Å². The largest absolute Gasteiger partial charge is 0.382 e. The number of aryl methyl sites for hydroxylation is 2. The van der Waals surface area contributed by atoms with Crippen molar-refractivity contribution in [1.82, 2.24) is 9.97 Å². The zero-order valence-electron chi connectivity index (χ0n) is 8.86. The summed E-state index contributed by atoms with van der Waals surface area (Å²) < 4.78 is 0. The van der Waals surface area contributed by atoms with Gasteiger partial charge in [0.1, 0.15) is 5.82 Å². The van der Waals surface area contributed by atoms with Crippen LogP contribution in [0.25, 0.3) is 11.3 Å². The summed E-state index contributed by atoms with van der Waals surface area (Å²) in [6, 6.07) is 6.24. The molecule has 1 heterocycles. The van der Waals surface area contributed by atoms with Crippen LogP contribution in [0.4, 0.5) is 5.82 Å². The van der Waals surface area contributed by atoms with Crippen molar-refractivity contribution < 1.29 is 0 Å². The summed E-state index contributed by atoms with van der Waals surface area (Å²) >= 11 is 0. The lowest BCUT2D eigenvalue weighted by molar-refractivity contribution is 1.21. The fraction of sp³-hybridized carbons (Fsp3) is 0.167. The molecule has 0 aliphatic heterocycles. The molecule has 15 heavy (non-hydrogen) atoms. The summed E-state index contributed by atoms with van der Waals surface area (Å²) in [6.45, 7) is 4.13. The van der Waals surface area contributed by atoms with E-state index in [4.69, 9.17) is 5.73 Å². The van der Waals surface area contributed by atoms with E-state index in [0.717, 1.165) is 11.3 Å². The Bertz CT molecular complexity index is 492. The molecular formula is C12H13N3. The van der Waals surface area contributed by atoms with Gasteiger partial charge in [-0.05, 0) is 19.4 Å². The number of rotatable bonds is 1. The number of anilines is 1. The molecule has 0 aliphatic rings. The van der Waals surface area contributed by atoms with Crippen LogP contribution in [0.1, 0.15) is 11.1 Å². The van der Waals surface area contributed by atoms with E-state index in [-0.39, 0.29) is 0 Å². The van der Waals surface area contributed by atoms with Crippen molar-refractivity contribution in [2.45, 2.75) is 13.8 Å². The molecule has 3 nitrogen and oxygen atoms in total. The minimum atomic E-state index is 0.451. The molecule has 2 aromatic rings. The molecule has 0 aliphatic carbocycles. The number of aromatic nitrogens is 2. The normalized spacial score (nSPS) is 10.3. The fourth-order valence-electron chi connectivity index (χ4n) is 1.61. The van der Waals surface area contributed by atoms with Crippen LogP contribution in [0.5, 0.6) is 0 Å². The molecule has 0 unspecified atom stereocenters. The highest BCUT2D eigenvalue weighted by atomic mass is 14.9. The second kappa shape index (κ2) is 3.69. The summed E-state index contributed by atoms with van der Waals surface area (Å²) in [6.07, 6.45) is 3.28. The van der Waals surface area contributed by atoms with Gasteiger partial charge in [0, 0.05) is 5.56 Å². The van der Waals surface area contributed by atoms with Crippen LogP contribution in [0.3, 0.4) is 0 Å². The first-order valence-corrected chi connectivity index (χ1v) is 4.82. The number of nitrogens with two attached hydrogens (primary N) is 1. The van der Waals surface area contributed by atoms with E-state index >= 15 is 0 Å². The number of benzene rings is 1. The molecule has 76 valence electrons. The molecule has 1 aromatic carbocycles. The molecule has 0 saturated heterocycles. The minimum absolute atomic E-state index is 0.451. The Hall–Kier alpha value is -1.90. The second-order valence-corrected chi connectivity index (χ2v) is 3.65. The van der Waals surface area contributed by atoms with Gasteiger partial charge in [0.05, 0.1) is 18.1 Å². The number of nitrogen functional groups attached to an aromatic ring is 1. The maximum atomic E-state index is 5.60. The molecule has 0 amide bonds. The minimum Gasteiger partial charge on any atom is -0.382 e. The Morgan fingerprint density at radius 3 is 2.60 bits per heavy atom. The Morgan fingerprint density at radius 2 is 1.93 bits per heavy atom. The lowest BCUT2D eigenvalue weighted by Crippen LogP contribution is -1.94. The van der Waals surface area contributed by atoms with Crippen LogP contribution in [-0.2, 0) is 0 Å². The molecule has 0 spiro atoms. The van der Waals surface area contributed by atoms with Crippen molar-refractivity contribution in [1.29, 1.82) is 0 Å². The van der Waals surface area contributed by atoms with Gasteiger partial charge in [-0.3, -0.25) is 4.98 Å². The van der Waals surface area contributed by atoms with E-state index in [9.17, 15) is 0 Å². The standard InChI is InChI=1S/C12H13N3/c1-8-3-4-10(9(2)5-8)11-6-14-7-12(13)15-11/h3-7H,1-2H3,(H2,13,15). The van der Waals surface area contributed by atoms with Crippen LogP contribution in [0.2, 0.25) is 0 Å². The highest BCUT2D eigenvalue weighted by Gasteiger charge is 2.03. The first-order valence-electron chi connectivity index (χ1n) is 4.82.